The summed E-state index contributed by atoms with van der Waals surface area (Å²) in [6.45, 7) is 10.7. The van der Waals surface area contributed by atoms with E-state index in [1.165, 1.54) is 25.7 Å². The Morgan fingerprint density at radius 2 is 1.41 bits per heavy atom. The van der Waals surface area contributed by atoms with E-state index in [1.54, 1.807) is 12.7 Å². The number of aryl methyl sites for hydroxylation is 1. The van der Waals surface area contributed by atoms with Crippen molar-refractivity contribution in [2.24, 2.45) is 11.8 Å². The van der Waals surface area contributed by atoms with Gasteiger partial charge in [-0.3, -0.25) is 9.36 Å². The lowest BCUT2D eigenvalue weighted by Gasteiger charge is -2.21. The molecule has 0 saturated heterocycles. The zero-order valence-corrected chi connectivity index (χ0v) is 28.6. The molecule has 0 bridgehead atoms. The maximum absolute atomic E-state index is 4.87. The fraction of sp³-hybridized carbons (Fsp3) is 0.515. The average Bonchev–Trinajstić information content (AvgIpc) is 3.89. The molecule has 16 heteroatoms. The molecule has 0 spiro atoms. The van der Waals surface area contributed by atoms with Gasteiger partial charge in [0.1, 0.15) is 11.0 Å². The highest BCUT2D eigenvalue weighted by molar-refractivity contribution is 5.85. The third kappa shape index (κ3) is 6.71. The number of H-pyrrole nitrogens is 2. The monoisotopic (exact) mass is 664 g/mol. The van der Waals surface area contributed by atoms with Crippen molar-refractivity contribution in [1.29, 1.82) is 0 Å². The number of aromatic amines is 2. The van der Waals surface area contributed by atoms with Gasteiger partial charge in [-0.2, -0.15) is 30.1 Å². The third-order valence-corrected chi connectivity index (χ3v) is 9.61. The van der Waals surface area contributed by atoms with Gasteiger partial charge in [-0.15, -0.1) is 0 Å². The van der Waals surface area contributed by atoms with Gasteiger partial charge in [-0.05, 0) is 85.0 Å². The molecule has 2 aliphatic rings. The summed E-state index contributed by atoms with van der Waals surface area (Å²) in [5.41, 5.74) is 3.91. The van der Waals surface area contributed by atoms with Crippen molar-refractivity contribution >= 4 is 57.5 Å². The van der Waals surface area contributed by atoms with Crippen molar-refractivity contribution in [3.8, 4) is 0 Å². The molecule has 0 amide bonds. The number of rotatable bonds is 15. The molecule has 6 N–H and O–H groups in total. The molecule has 256 valence electrons. The van der Waals surface area contributed by atoms with Crippen molar-refractivity contribution < 1.29 is 0 Å². The predicted octanol–water partition coefficient (Wildman–Crippen LogP) is 6.23. The Morgan fingerprint density at radius 1 is 0.776 bits per heavy atom. The minimum Gasteiger partial charge on any atom is -0.365 e. The lowest BCUT2D eigenvalue weighted by atomic mass is 10.0. The first-order valence-electron chi connectivity index (χ1n) is 17.4. The van der Waals surface area contributed by atoms with E-state index in [9.17, 15) is 0 Å². The summed E-state index contributed by atoms with van der Waals surface area (Å²) in [6.07, 6.45) is 12.1. The van der Waals surface area contributed by atoms with Crippen LogP contribution >= 0.6 is 0 Å². The summed E-state index contributed by atoms with van der Waals surface area (Å²) in [6, 6.07) is 4.99. The van der Waals surface area contributed by atoms with E-state index in [4.69, 9.17) is 15.1 Å². The first-order chi connectivity index (χ1) is 23.8. The van der Waals surface area contributed by atoms with Crippen LogP contribution in [0.3, 0.4) is 0 Å². The predicted molar refractivity (Wildman–Crippen MR) is 189 cm³/mol. The smallest absolute Gasteiger partial charge is 0.232 e. The standard InChI is InChI=1S/C33H44N16/c1-17(2)49-19(4)14-25(47-49)41-33-43-29-27(35-16-37-29)31(45-33)39-23(22-9-10-22)11-6-18(3)48-13-12-24(46-48)40-32-42-28-26(34-15-36-28)30(44-32)38-20(5)21-7-8-21/h12-18,20-23H,6-11H2,1-5H3,(H3,34,36,38,40,42,44,46)(H3,35,37,39,41,43,45,47)/t18?,20-,23-/m0/s1. The number of hydrogen-bond acceptors (Lipinski definition) is 12. The second-order valence-corrected chi connectivity index (χ2v) is 13.9. The Kier molecular flexibility index (Phi) is 8.00. The van der Waals surface area contributed by atoms with E-state index >= 15 is 0 Å². The number of nitrogens with one attached hydrogen (secondary N) is 6. The molecule has 6 aromatic rings. The maximum atomic E-state index is 4.87. The van der Waals surface area contributed by atoms with E-state index < -0.39 is 0 Å². The number of hydrogen-bond donors (Lipinski definition) is 6. The number of nitrogens with zero attached hydrogens (tertiary/aromatic N) is 10. The Balaban J connectivity index is 0.933. The topological polar surface area (TPSA) is 193 Å². The molecule has 2 fully saturated rings. The molecule has 0 aliphatic heterocycles. The summed E-state index contributed by atoms with van der Waals surface area (Å²) in [7, 11) is 0. The van der Waals surface area contributed by atoms with Crippen molar-refractivity contribution in [1.82, 2.24) is 59.4 Å². The molecule has 2 aliphatic carbocycles. The van der Waals surface area contributed by atoms with Gasteiger partial charge in [-0.1, -0.05) is 0 Å². The Labute approximate surface area is 283 Å². The SMILES string of the molecule is Cc1cc(Nc2nc(N[C@@H](CCC(C)n3ccc(Nc4nc(N[C@@H](C)C5CC5)c5nc[nH]c5n4)n3)C3CC3)c3nc[nH]c3n2)nn1C(C)C. The minimum absolute atomic E-state index is 0.179. The zero-order chi connectivity index (χ0) is 33.6. The van der Waals surface area contributed by atoms with Crippen LogP contribution in [0, 0.1) is 18.8 Å². The van der Waals surface area contributed by atoms with Crippen LogP contribution in [0.1, 0.15) is 84.0 Å². The van der Waals surface area contributed by atoms with E-state index in [0.717, 1.165) is 41.2 Å². The van der Waals surface area contributed by atoms with E-state index in [1.807, 2.05) is 34.6 Å². The molecule has 2 saturated carbocycles. The molecule has 16 nitrogen and oxygen atoms in total. The Hall–Kier alpha value is -5.28. The summed E-state index contributed by atoms with van der Waals surface area (Å²) in [5.74, 6) is 5.09. The molecular weight excluding hydrogens is 620 g/mol. The van der Waals surface area contributed by atoms with E-state index in [-0.39, 0.29) is 18.1 Å². The van der Waals surface area contributed by atoms with Gasteiger partial charge in [-0.25, -0.2) is 9.97 Å². The quantitative estimate of drug-likeness (QED) is 0.0726. The molecule has 0 aromatic carbocycles. The van der Waals surface area contributed by atoms with Crippen LogP contribution in [0.15, 0.2) is 31.0 Å². The first-order valence-corrected chi connectivity index (χ1v) is 17.4. The lowest BCUT2D eigenvalue weighted by Crippen LogP contribution is -2.24. The fourth-order valence-electron chi connectivity index (χ4n) is 6.52. The highest BCUT2D eigenvalue weighted by atomic mass is 15.4. The molecule has 49 heavy (non-hydrogen) atoms. The van der Waals surface area contributed by atoms with Crippen LogP contribution < -0.4 is 21.3 Å². The lowest BCUT2D eigenvalue weighted by molar-refractivity contribution is 0.419. The fourth-order valence-corrected chi connectivity index (χ4v) is 6.52. The second kappa shape index (κ2) is 12.6. The number of imidazole rings is 2. The van der Waals surface area contributed by atoms with Gasteiger partial charge >= 0.3 is 0 Å². The average molecular weight is 665 g/mol. The van der Waals surface area contributed by atoms with Crippen LogP contribution in [0.4, 0.5) is 35.2 Å². The summed E-state index contributed by atoms with van der Waals surface area (Å²) >= 11 is 0. The van der Waals surface area contributed by atoms with Gasteiger partial charge in [0.05, 0.1) is 12.7 Å². The van der Waals surface area contributed by atoms with Crippen molar-refractivity contribution in [3.05, 3.63) is 36.7 Å². The van der Waals surface area contributed by atoms with Crippen LogP contribution in [0.2, 0.25) is 0 Å². The maximum Gasteiger partial charge on any atom is 0.232 e. The number of fused-ring (bicyclic) bond motifs is 2. The zero-order valence-electron chi connectivity index (χ0n) is 28.6. The van der Waals surface area contributed by atoms with Gasteiger partial charge in [0.15, 0.2) is 34.6 Å². The molecule has 6 aromatic heterocycles. The van der Waals surface area contributed by atoms with Crippen molar-refractivity contribution in [2.75, 3.05) is 21.3 Å². The van der Waals surface area contributed by atoms with Crippen molar-refractivity contribution in [2.45, 2.75) is 97.3 Å². The van der Waals surface area contributed by atoms with Crippen LogP contribution in [-0.2, 0) is 0 Å². The molecular formula is C33H44N16. The van der Waals surface area contributed by atoms with Gasteiger partial charge < -0.3 is 31.2 Å². The largest absolute Gasteiger partial charge is 0.365 e. The normalized spacial score (nSPS) is 16.7. The van der Waals surface area contributed by atoms with Gasteiger partial charge in [0, 0.05) is 48.2 Å². The van der Waals surface area contributed by atoms with Crippen LogP contribution in [0.5, 0.6) is 0 Å². The summed E-state index contributed by atoms with van der Waals surface area (Å²) in [5, 5.41) is 23.4. The van der Waals surface area contributed by atoms with E-state index in [2.05, 4.69) is 84.0 Å². The van der Waals surface area contributed by atoms with Gasteiger partial charge in [0.2, 0.25) is 11.9 Å². The molecule has 3 atom stereocenters. The Bertz CT molecular complexity index is 2060. The van der Waals surface area contributed by atoms with Crippen LogP contribution in [0.25, 0.3) is 22.3 Å². The highest BCUT2D eigenvalue weighted by Gasteiger charge is 2.33. The van der Waals surface area contributed by atoms with Crippen molar-refractivity contribution in [3.63, 3.8) is 0 Å². The van der Waals surface area contributed by atoms with E-state index in [0.29, 0.717) is 52.7 Å². The summed E-state index contributed by atoms with van der Waals surface area (Å²) in [4.78, 5) is 34.2. The van der Waals surface area contributed by atoms with Gasteiger partial charge in [0.25, 0.3) is 0 Å². The second-order valence-electron chi connectivity index (χ2n) is 13.9. The molecule has 1 unspecified atom stereocenters. The Morgan fingerprint density at radius 3 is 2.02 bits per heavy atom. The summed E-state index contributed by atoms with van der Waals surface area (Å²) < 4.78 is 3.99. The van der Waals surface area contributed by atoms with Crippen LogP contribution in [-0.4, -0.2) is 71.5 Å². The number of aromatic nitrogens is 12. The highest BCUT2D eigenvalue weighted by Crippen LogP contribution is 2.38. The number of anilines is 6. The molecule has 0 radical (unpaired) electrons. The minimum atomic E-state index is 0.179. The first kappa shape index (κ1) is 31.0. The molecule has 8 rings (SSSR count). The molecule has 6 heterocycles. The third-order valence-electron chi connectivity index (χ3n) is 9.61.